The van der Waals surface area contributed by atoms with Gasteiger partial charge in [-0.25, -0.2) is 13.4 Å². The van der Waals surface area contributed by atoms with Crippen molar-refractivity contribution < 1.29 is 26.4 Å². The number of amides is 1. The summed E-state index contributed by atoms with van der Waals surface area (Å²) in [5.74, 6) is -0.424. The third-order valence-electron chi connectivity index (χ3n) is 4.21. The fourth-order valence-corrected chi connectivity index (χ4v) is 4.05. The minimum absolute atomic E-state index is 0.126. The lowest BCUT2D eigenvalue weighted by atomic mass is 10.2. The Kier molecular flexibility index (Phi) is 5.57. The van der Waals surface area contributed by atoms with Gasteiger partial charge in [0.1, 0.15) is 5.69 Å². The Morgan fingerprint density at radius 1 is 1.10 bits per heavy atom. The van der Waals surface area contributed by atoms with Crippen LogP contribution in [0.3, 0.4) is 0 Å². The Bertz CT molecular complexity index is 1200. The first-order chi connectivity index (χ1) is 14.0. The highest BCUT2D eigenvalue weighted by atomic mass is 32.2. The van der Waals surface area contributed by atoms with Crippen molar-refractivity contribution in [3.8, 4) is 0 Å². The van der Waals surface area contributed by atoms with Gasteiger partial charge in [0.25, 0.3) is 15.9 Å². The molecule has 2 N–H and O–H groups in total. The van der Waals surface area contributed by atoms with E-state index < -0.39 is 27.7 Å². The first kappa shape index (κ1) is 21.4. The van der Waals surface area contributed by atoms with Gasteiger partial charge in [0, 0.05) is 18.4 Å². The van der Waals surface area contributed by atoms with Crippen molar-refractivity contribution in [1.29, 1.82) is 0 Å². The van der Waals surface area contributed by atoms with E-state index in [1.54, 1.807) is 7.05 Å². The number of carbonyl (C=O) groups excluding carboxylic acids is 1. The standard InChI is InChI=1S/C19H17F3N4O3S/c1-12-8-14(24-18(27)16-10-23-11-26(16)2)6-7-17(12)30(28,29)25-15-5-3-4-13(9-15)19(20,21)22/h3-11,25H,1-2H3,(H,24,27). The summed E-state index contributed by atoms with van der Waals surface area (Å²) in [6.45, 7) is 1.51. The number of hydrogen-bond donors (Lipinski definition) is 2. The molecule has 0 atom stereocenters. The van der Waals surface area contributed by atoms with Gasteiger partial charge in [-0.2, -0.15) is 13.2 Å². The lowest BCUT2D eigenvalue weighted by molar-refractivity contribution is -0.137. The number of aryl methyl sites for hydroxylation is 2. The third-order valence-corrected chi connectivity index (χ3v) is 5.76. The molecule has 158 valence electrons. The number of benzene rings is 2. The van der Waals surface area contributed by atoms with Gasteiger partial charge in [-0.3, -0.25) is 9.52 Å². The van der Waals surface area contributed by atoms with Crippen LogP contribution in [0.1, 0.15) is 21.6 Å². The van der Waals surface area contributed by atoms with E-state index in [4.69, 9.17) is 0 Å². The molecule has 11 heteroatoms. The van der Waals surface area contributed by atoms with Crippen LogP contribution >= 0.6 is 0 Å². The van der Waals surface area contributed by atoms with E-state index in [1.807, 2.05) is 0 Å². The minimum atomic E-state index is -4.59. The number of nitrogens with one attached hydrogen (secondary N) is 2. The molecule has 2 aromatic carbocycles. The molecule has 1 heterocycles. The molecule has 3 rings (SSSR count). The predicted molar refractivity (Wildman–Crippen MR) is 105 cm³/mol. The van der Waals surface area contributed by atoms with Crippen molar-refractivity contribution in [2.75, 3.05) is 10.0 Å². The van der Waals surface area contributed by atoms with E-state index in [9.17, 15) is 26.4 Å². The van der Waals surface area contributed by atoms with Crippen molar-refractivity contribution in [3.63, 3.8) is 0 Å². The van der Waals surface area contributed by atoms with E-state index in [0.717, 1.165) is 18.2 Å². The highest BCUT2D eigenvalue weighted by molar-refractivity contribution is 7.92. The number of halogens is 3. The van der Waals surface area contributed by atoms with Crippen LogP contribution < -0.4 is 10.0 Å². The molecule has 0 radical (unpaired) electrons. The molecule has 0 aliphatic rings. The molecule has 0 saturated carbocycles. The number of carbonyl (C=O) groups is 1. The zero-order chi connectivity index (χ0) is 22.1. The maximum absolute atomic E-state index is 12.8. The number of hydrogen-bond acceptors (Lipinski definition) is 4. The largest absolute Gasteiger partial charge is 0.416 e. The average Bonchev–Trinajstić information content (AvgIpc) is 3.07. The molecule has 0 bridgehead atoms. The molecule has 1 aromatic heterocycles. The van der Waals surface area contributed by atoms with Crippen LogP contribution in [0.2, 0.25) is 0 Å². The average molecular weight is 438 g/mol. The Morgan fingerprint density at radius 3 is 2.43 bits per heavy atom. The molecule has 0 aliphatic carbocycles. The molecule has 0 saturated heterocycles. The Hall–Kier alpha value is -3.34. The van der Waals surface area contributed by atoms with Crippen LogP contribution in [0.5, 0.6) is 0 Å². The smallest absolute Gasteiger partial charge is 0.330 e. The van der Waals surface area contributed by atoms with Gasteiger partial charge in [0.15, 0.2) is 0 Å². The maximum Gasteiger partial charge on any atom is 0.416 e. The summed E-state index contributed by atoms with van der Waals surface area (Å²) in [7, 11) is -2.49. The molecule has 0 unspecified atom stereocenters. The van der Waals surface area contributed by atoms with Gasteiger partial charge < -0.3 is 9.88 Å². The summed E-state index contributed by atoms with van der Waals surface area (Å²) >= 11 is 0. The number of rotatable bonds is 5. The van der Waals surface area contributed by atoms with Crippen molar-refractivity contribution in [2.45, 2.75) is 18.0 Å². The van der Waals surface area contributed by atoms with Gasteiger partial charge in [-0.1, -0.05) is 6.07 Å². The molecule has 0 fully saturated rings. The van der Waals surface area contributed by atoms with Crippen LogP contribution in [0.15, 0.2) is 59.9 Å². The molecule has 7 nitrogen and oxygen atoms in total. The highest BCUT2D eigenvalue weighted by Gasteiger charge is 2.30. The Labute approximate surface area is 170 Å². The van der Waals surface area contributed by atoms with Crippen LogP contribution in [-0.2, 0) is 23.2 Å². The first-order valence-electron chi connectivity index (χ1n) is 8.56. The lowest BCUT2D eigenvalue weighted by Gasteiger charge is -2.14. The van der Waals surface area contributed by atoms with Crippen molar-refractivity contribution in [2.24, 2.45) is 7.05 Å². The molecule has 0 aliphatic heterocycles. The first-order valence-corrected chi connectivity index (χ1v) is 10.0. The normalized spacial score (nSPS) is 11.9. The van der Waals surface area contributed by atoms with Crippen LogP contribution in [0, 0.1) is 6.92 Å². The molecular formula is C19H17F3N4O3S. The lowest BCUT2D eigenvalue weighted by Crippen LogP contribution is -2.17. The van der Waals surface area contributed by atoms with E-state index in [-0.39, 0.29) is 10.6 Å². The molecule has 3 aromatic rings. The quantitative estimate of drug-likeness (QED) is 0.634. The Morgan fingerprint density at radius 2 is 1.83 bits per heavy atom. The van der Waals surface area contributed by atoms with Crippen molar-refractivity contribution in [3.05, 3.63) is 71.8 Å². The predicted octanol–water partition coefficient (Wildman–Crippen LogP) is 3.80. The number of anilines is 2. The molecular weight excluding hydrogens is 421 g/mol. The minimum Gasteiger partial charge on any atom is -0.330 e. The van der Waals surface area contributed by atoms with Gasteiger partial charge >= 0.3 is 6.18 Å². The number of imidazole rings is 1. The monoisotopic (exact) mass is 438 g/mol. The van der Waals surface area contributed by atoms with Crippen molar-refractivity contribution >= 4 is 27.3 Å². The third kappa shape index (κ3) is 4.62. The van der Waals surface area contributed by atoms with E-state index in [0.29, 0.717) is 16.9 Å². The topological polar surface area (TPSA) is 93.1 Å². The van der Waals surface area contributed by atoms with Gasteiger partial charge in [0.05, 0.1) is 23.0 Å². The second-order valence-corrected chi connectivity index (χ2v) is 8.16. The van der Waals surface area contributed by atoms with Gasteiger partial charge in [-0.05, 0) is 48.9 Å². The van der Waals surface area contributed by atoms with E-state index in [2.05, 4.69) is 15.0 Å². The number of alkyl halides is 3. The van der Waals surface area contributed by atoms with Crippen LogP contribution in [0.4, 0.5) is 24.5 Å². The summed E-state index contributed by atoms with van der Waals surface area (Å²) in [6.07, 6.45) is -1.74. The van der Waals surface area contributed by atoms with Crippen molar-refractivity contribution in [1.82, 2.24) is 9.55 Å². The summed E-state index contributed by atoms with van der Waals surface area (Å²) in [5, 5.41) is 2.64. The number of sulfonamides is 1. The van der Waals surface area contributed by atoms with Gasteiger partial charge in [-0.15, -0.1) is 0 Å². The van der Waals surface area contributed by atoms with Crippen LogP contribution in [0.25, 0.3) is 0 Å². The molecule has 30 heavy (non-hydrogen) atoms. The summed E-state index contributed by atoms with van der Waals surface area (Å²) in [6, 6.07) is 8.02. The van der Waals surface area contributed by atoms with Crippen LogP contribution in [-0.4, -0.2) is 23.9 Å². The highest BCUT2D eigenvalue weighted by Crippen LogP contribution is 2.31. The molecule has 1 amide bonds. The summed E-state index contributed by atoms with van der Waals surface area (Å²) in [4.78, 5) is 16.0. The van der Waals surface area contributed by atoms with E-state index in [1.165, 1.54) is 48.3 Å². The zero-order valence-electron chi connectivity index (χ0n) is 15.9. The van der Waals surface area contributed by atoms with Gasteiger partial charge in [0.2, 0.25) is 0 Å². The fraction of sp³-hybridized carbons (Fsp3) is 0.158. The summed E-state index contributed by atoms with van der Waals surface area (Å²) < 4.78 is 67.5. The number of nitrogens with zero attached hydrogens (tertiary/aromatic N) is 2. The molecule has 0 spiro atoms. The second kappa shape index (κ2) is 7.82. The maximum atomic E-state index is 12.8. The SMILES string of the molecule is Cc1cc(NC(=O)c2cncn2C)ccc1S(=O)(=O)Nc1cccc(C(F)(F)F)c1. The fourth-order valence-electron chi connectivity index (χ4n) is 2.77. The summed E-state index contributed by atoms with van der Waals surface area (Å²) in [5.41, 5.74) is -0.199. The second-order valence-electron chi connectivity index (χ2n) is 6.51. The zero-order valence-corrected chi connectivity index (χ0v) is 16.7. The van der Waals surface area contributed by atoms with E-state index >= 15 is 0 Å². The number of aromatic nitrogens is 2. The Balaban J connectivity index is 1.82.